The van der Waals surface area contributed by atoms with Gasteiger partial charge >= 0.3 is 0 Å². The van der Waals surface area contributed by atoms with Crippen molar-refractivity contribution in [2.24, 2.45) is 0 Å². The molecule has 0 spiro atoms. The predicted octanol–water partition coefficient (Wildman–Crippen LogP) is 0.0678. The molecule has 0 unspecified atom stereocenters. The molecule has 0 radical (unpaired) electrons. The second-order valence-electron chi connectivity index (χ2n) is 5.08. The third kappa shape index (κ3) is 8.31. The Bertz CT molecular complexity index is 800. The summed E-state index contributed by atoms with van der Waals surface area (Å²) in [5.41, 5.74) is 1.43. The molecular weight excluding hydrogens is 394 g/mol. The zero-order valence-electron chi connectivity index (χ0n) is 14.8. The zero-order valence-corrected chi connectivity index (χ0v) is 16.4. The maximum Gasteiger partial charge on any atom is 0.262 e. The molecule has 0 fully saturated rings. The summed E-state index contributed by atoms with van der Waals surface area (Å²) in [6.45, 7) is 3.20. The molecule has 0 heterocycles. The Morgan fingerprint density at radius 3 is 2.52 bits per heavy atom. The monoisotopic (exact) mass is 415 g/mol. The van der Waals surface area contributed by atoms with Crippen molar-refractivity contribution >= 4 is 33.6 Å². The first-order chi connectivity index (χ1) is 12.8. The van der Waals surface area contributed by atoms with Gasteiger partial charge in [0.15, 0.2) is 0 Å². The maximum absolute atomic E-state index is 12.5. The van der Waals surface area contributed by atoms with Gasteiger partial charge in [-0.3, -0.25) is 14.8 Å². The Morgan fingerprint density at radius 2 is 1.96 bits per heavy atom. The average molecular weight is 415 g/mol. The van der Waals surface area contributed by atoms with Gasteiger partial charge in [-0.05, 0) is 31.2 Å². The minimum atomic E-state index is -4.02. The highest BCUT2D eigenvalue weighted by Crippen LogP contribution is 2.16. The fourth-order valence-electron chi connectivity index (χ4n) is 1.73. The van der Waals surface area contributed by atoms with Gasteiger partial charge in [-0.15, -0.1) is 17.7 Å². The van der Waals surface area contributed by atoms with Crippen LogP contribution in [0.2, 0.25) is 0 Å². The van der Waals surface area contributed by atoms with Crippen molar-refractivity contribution in [1.29, 1.82) is 0 Å². The smallest absolute Gasteiger partial charge is 0.262 e. The molecule has 0 saturated carbocycles. The molecule has 1 aromatic rings. The molecule has 4 N–H and O–H groups in total. The van der Waals surface area contributed by atoms with Gasteiger partial charge in [-0.2, -0.15) is 4.72 Å². The minimum Gasteiger partial charge on any atom is -0.481 e. The highest BCUT2D eigenvalue weighted by atomic mass is 32.2. The van der Waals surface area contributed by atoms with E-state index in [1.165, 1.54) is 36.7 Å². The van der Waals surface area contributed by atoms with Crippen LogP contribution in [0.15, 0.2) is 29.2 Å². The summed E-state index contributed by atoms with van der Waals surface area (Å²) in [6, 6.07) is 4.37. The number of hydrogen-bond donors (Lipinski definition) is 4. The Kier molecular flexibility index (Phi) is 9.66. The summed E-state index contributed by atoms with van der Waals surface area (Å²) in [5.74, 6) is 4.88. The van der Waals surface area contributed by atoms with Gasteiger partial charge in [0, 0.05) is 12.7 Å². The summed E-state index contributed by atoms with van der Waals surface area (Å²) in [5, 5.41) is 11.3. The standard InChI is InChI=1S/C16H21N3O6S2/c1-3-4-9-25-13-5-7-14(8-6-13)27(23,24)19-15(16(21)18-22)10-26-11-17-12(2)20/h5-8,15,19,22H,9-11H2,1-2H3,(H,17,20)(H,18,21)/t15-/m1/s1. The number of rotatable bonds is 10. The molecule has 1 aromatic carbocycles. The molecule has 9 nitrogen and oxygen atoms in total. The van der Waals surface area contributed by atoms with Crippen molar-refractivity contribution in [3.63, 3.8) is 0 Å². The number of hydroxylamine groups is 1. The molecule has 0 bridgehead atoms. The SMILES string of the molecule is CC#CCOc1ccc(S(=O)(=O)N[C@H](CSCNC(C)=O)C(=O)NO)cc1. The number of nitrogens with one attached hydrogen (secondary N) is 3. The number of thioether (sulfide) groups is 1. The van der Waals surface area contributed by atoms with E-state index in [1.54, 1.807) is 6.92 Å². The highest BCUT2D eigenvalue weighted by Gasteiger charge is 2.25. The first-order valence-corrected chi connectivity index (χ1v) is 10.3. The predicted molar refractivity (Wildman–Crippen MR) is 101 cm³/mol. The second-order valence-corrected chi connectivity index (χ2v) is 7.83. The van der Waals surface area contributed by atoms with E-state index in [0.717, 1.165) is 11.8 Å². The largest absolute Gasteiger partial charge is 0.481 e. The van der Waals surface area contributed by atoms with Crippen molar-refractivity contribution < 1.29 is 28.0 Å². The lowest BCUT2D eigenvalue weighted by atomic mass is 10.3. The number of ether oxygens (including phenoxy) is 1. The van der Waals surface area contributed by atoms with Gasteiger partial charge in [0.2, 0.25) is 15.9 Å². The lowest BCUT2D eigenvalue weighted by Gasteiger charge is -2.17. The topological polar surface area (TPSA) is 134 Å². The first-order valence-electron chi connectivity index (χ1n) is 7.71. The van der Waals surface area contributed by atoms with Crippen LogP contribution in [0.4, 0.5) is 0 Å². The van der Waals surface area contributed by atoms with Gasteiger partial charge in [0.05, 0.1) is 10.8 Å². The number of sulfonamides is 1. The fourth-order valence-corrected chi connectivity index (χ4v) is 3.93. The summed E-state index contributed by atoms with van der Waals surface area (Å²) in [6.07, 6.45) is 0. The molecule has 11 heteroatoms. The first kappa shape index (κ1) is 22.8. The molecule has 1 rings (SSSR count). The van der Waals surface area contributed by atoms with Crippen LogP contribution in [0.3, 0.4) is 0 Å². The van der Waals surface area contributed by atoms with Crippen LogP contribution < -0.4 is 20.3 Å². The molecule has 0 aliphatic rings. The van der Waals surface area contributed by atoms with E-state index in [-0.39, 0.29) is 29.0 Å². The third-order valence-corrected chi connectivity index (χ3v) is 5.46. The summed E-state index contributed by atoms with van der Waals surface area (Å²) in [4.78, 5) is 22.5. The van der Waals surface area contributed by atoms with Gasteiger partial charge in [0.25, 0.3) is 5.91 Å². The van der Waals surface area contributed by atoms with Crippen LogP contribution in [-0.2, 0) is 19.6 Å². The van der Waals surface area contributed by atoms with E-state index in [1.807, 2.05) is 0 Å². The lowest BCUT2D eigenvalue weighted by molar-refractivity contribution is -0.130. The number of amides is 2. The van der Waals surface area contributed by atoms with E-state index < -0.39 is 22.0 Å². The number of hydrogen-bond acceptors (Lipinski definition) is 7. The van der Waals surface area contributed by atoms with E-state index in [2.05, 4.69) is 21.9 Å². The van der Waals surface area contributed by atoms with E-state index >= 15 is 0 Å². The van der Waals surface area contributed by atoms with Crippen molar-refractivity contribution in [3.8, 4) is 17.6 Å². The molecule has 0 saturated heterocycles. The van der Waals surface area contributed by atoms with Gasteiger partial charge in [-0.25, -0.2) is 13.9 Å². The number of carbonyl (C=O) groups is 2. The van der Waals surface area contributed by atoms with Gasteiger partial charge < -0.3 is 10.1 Å². The lowest BCUT2D eigenvalue weighted by Crippen LogP contribution is -2.47. The van der Waals surface area contributed by atoms with Crippen molar-refractivity contribution in [2.45, 2.75) is 24.8 Å². The average Bonchev–Trinajstić information content (AvgIpc) is 2.64. The molecule has 27 heavy (non-hydrogen) atoms. The molecule has 0 aliphatic carbocycles. The van der Waals surface area contributed by atoms with Crippen molar-refractivity contribution in [3.05, 3.63) is 24.3 Å². The summed E-state index contributed by atoms with van der Waals surface area (Å²) < 4.78 is 32.5. The zero-order chi connectivity index (χ0) is 20.3. The van der Waals surface area contributed by atoms with E-state index in [4.69, 9.17) is 9.94 Å². The van der Waals surface area contributed by atoms with E-state index in [9.17, 15) is 18.0 Å². The number of carbonyl (C=O) groups excluding carboxylic acids is 2. The van der Waals surface area contributed by atoms with Gasteiger partial charge in [0.1, 0.15) is 18.4 Å². The Hall–Kier alpha value is -2.26. The normalized spacial score (nSPS) is 11.7. The van der Waals surface area contributed by atoms with Crippen LogP contribution in [0.25, 0.3) is 0 Å². The molecule has 2 amide bonds. The Labute approximate surface area is 162 Å². The van der Waals surface area contributed by atoms with Crippen molar-refractivity contribution in [2.75, 3.05) is 18.2 Å². The van der Waals surface area contributed by atoms with Crippen LogP contribution in [0.5, 0.6) is 5.75 Å². The molecule has 0 aromatic heterocycles. The molecule has 0 aliphatic heterocycles. The summed E-state index contributed by atoms with van der Waals surface area (Å²) in [7, 11) is -4.02. The van der Waals surface area contributed by atoms with Gasteiger partial charge in [-0.1, -0.05) is 5.92 Å². The van der Waals surface area contributed by atoms with Crippen molar-refractivity contribution in [1.82, 2.24) is 15.5 Å². The Balaban J connectivity index is 2.78. The third-order valence-electron chi connectivity index (χ3n) is 3.05. The van der Waals surface area contributed by atoms with Crippen LogP contribution in [-0.4, -0.2) is 49.7 Å². The van der Waals surface area contributed by atoms with E-state index in [0.29, 0.717) is 5.75 Å². The number of benzene rings is 1. The maximum atomic E-state index is 12.5. The highest BCUT2D eigenvalue weighted by molar-refractivity contribution is 7.99. The van der Waals surface area contributed by atoms with Crippen LogP contribution in [0, 0.1) is 11.8 Å². The molecular formula is C16H21N3O6S2. The molecule has 1 atom stereocenters. The Morgan fingerprint density at radius 1 is 1.30 bits per heavy atom. The second kappa shape index (κ2) is 11.5. The molecule has 148 valence electrons. The minimum absolute atomic E-state index is 0.00276. The van der Waals surface area contributed by atoms with Crippen LogP contribution in [0.1, 0.15) is 13.8 Å². The quantitative estimate of drug-likeness (QED) is 0.140. The summed E-state index contributed by atoms with van der Waals surface area (Å²) >= 11 is 1.12. The van der Waals surface area contributed by atoms with Crippen LogP contribution >= 0.6 is 11.8 Å². The fraction of sp³-hybridized carbons (Fsp3) is 0.375.